The van der Waals surface area contributed by atoms with Gasteiger partial charge in [-0.25, -0.2) is 13.5 Å². The molecule has 1 aromatic heterocycles. The number of halogens is 2. The summed E-state index contributed by atoms with van der Waals surface area (Å²) >= 11 is 1.08. The van der Waals surface area contributed by atoms with Gasteiger partial charge in [-0.3, -0.25) is 4.79 Å². The van der Waals surface area contributed by atoms with Gasteiger partial charge in [-0.05, 0) is 44.0 Å². The number of benzene rings is 2. The van der Waals surface area contributed by atoms with Crippen LogP contribution in [0.5, 0.6) is 5.75 Å². The Balaban J connectivity index is 1.62. The minimum atomic E-state index is -1.04. The Hall–Kier alpha value is -3.14. The maximum Gasteiger partial charge on any atom is 0.237 e. The van der Waals surface area contributed by atoms with Crippen molar-refractivity contribution in [3.05, 3.63) is 65.0 Å². The summed E-state index contributed by atoms with van der Waals surface area (Å²) in [6.07, 6.45) is 0. The van der Waals surface area contributed by atoms with Gasteiger partial charge in [-0.2, -0.15) is 0 Å². The molecule has 7 nitrogen and oxygen atoms in total. The number of nitrogen functional groups attached to an aromatic ring is 1. The van der Waals surface area contributed by atoms with Gasteiger partial charge in [0.25, 0.3) is 0 Å². The lowest BCUT2D eigenvalue weighted by Gasteiger charge is -2.13. The largest absolute Gasteiger partial charge is 0.485 e. The lowest BCUT2D eigenvalue weighted by atomic mass is 10.1. The van der Waals surface area contributed by atoms with E-state index in [2.05, 4.69) is 15.5 Å². The van der Waals surface area contributed by atoms with E-state index < -0.39 is 22.8 Å². The normalized spacial score (nSPS) is 11.9. The van der Waals surface area contributed by atoms with Gasteiger partial charge in [0.05, 0.1) is 5.25 Å². The van der Waals surface area contributed by atoms with Gasteiger partial charge >= 0.3 is 0 Å². The fourth-order valence-electron chi connectivity index (χ4n) is 2.68. The highest BCUT2D eigenvalue weighted by atomic mass is 32.2. The van der Waals surface area contributed by atoms with Gasteiger partial charge in [0.1, 0.15) is 12.4 Å². The van der Waals surface area contributed by atoms with Crippen molar-refractivity contribution in [3.8, 4) is 5.75 Å². The summed E-state index contributed by atoms with van der Waals surface area (Å²) in [7, 11) is 0. The zero-order valence-electron chi connectivity index (χ0n) is 16.6. The average molecular weight is 433 g/mol. The van der Waals surface area contributed by atoms with Crippen LogP contribution in [0.15, 0.2) is 41.6 Å². The van der Waals surface area contributed by atoms with Crippen LogP contribution in [0.3, 0.4) is 0 Å². The molecule has 0 fully saturated rings. The Kier molecular flexibility index (Phi) is 6.56. The molecule has 3 aromatic rings. The highest BCUT2D eigenvalue weighted by Gasteiger charge is 2.20. The third-order valence-corrected chi connectivity index (χ3v) is 5.38. The Bertz CT molecular complexity index is 1050. The van der Waals surface area contributed by atoms with Crippen molar-refractivity contribution in [1.29, 1.82) is 0 Å². The van der Waals surface area contributed by atoms with E-state index in [4.69, 9.17) is 10.6 Å². The van der Waals surface area contributed by atoms with Crippen LogP contribution >= 0.6 is 11.8 Å². The second-order valence-electron chi connectivity index (χ2n) is 6.66. The van der Waals surface area contributed by atoms with Crippen LogP contribution in [0.25, 0.3) is 0 Å². The number of nitrogens with one attached hydrogen (secondary N) is 1. The first-order valence-electron chi connectivity index (χ1n) is 9.07. The van der Waals surface area contributed by atoms with E-state index >= 15 is 0 Å². The quantitative estimate of drug-likeness (QED) is 0.437. The van der Waals surface area contributed by atoms with Crippen molar-refractivity contribution in [2.45, 2.75) is 37.8 Å². The summed E-state index contributed by atoms with van der Waals surface area (Å²) in [6, 6.07) is 8.99. The molecule has 158 valence electrons. The van der Waals surface area contributed by atoms with Crippen LogP contribution in [-0.4, -0.2) is 26.0 Å². The molecule has 0 aliphatic rings. The lowest BCUT2D eigenvalue weighted by molar-refractivity contribution is -0.115. The van der Waals surface area contributed by atoms with Gasteiger partial charge in [0, 0.05) is 11.8 Å². The number of amides is 1. The number of nitrogens with two attached hydrogens (primary N) is 1. The number of aromatic nitrogens is 3. The van der Waals surface area contributed by atoms with Crippen molar-refractivity contribution in [1.82, 2.24) is 14.9 Å². The van der Waals surface area contributed by atoms with Crippen LogP contribution in [0.4, 0.5) is 14.5 Å². The zero-order valence-corrected chi connectivity index (χ0v) is 17.5. The zero-order chi connectivity index (χ0) is 21.8. The highest BCUT2D eigenvalue weighted by Crippen LogP contribution is 2.25. The van der Waals surface area contributed by atoms with Gasteiger partial charge in [-0.1, -0.05) is 30.0 Å². The van der Waals surface area contributed by atoms with Crippen molar-refractivity contribution in [2.75, 3.05) is 11.2 Å². The van der Waals surface area contributed by atoms with E-state index in [-0.39, 0.29) is 12.3 Å². The summed E-state index contributed by atoms with van der Waals surface area (Å²) in [5.41, 5.74) is 2.15. The maximum absolute atomic E-state index is 13.3. The number of ether oxygens (including phenoxy) is 1. The Morgan fingerprint density at radius 2 is 1.90 bits per heavy atom. The Morgan fingerprint density at radius 1 is 1.20 bits per heavy atom. The first-order chi connectivity index (χ1) is 14.3. The summed E-state index contributed by atoms with van der Waals surface area (Å²) in [4.78, 5) is 12.3. The molecule has 30 heavy (non-hydrogen) atoms. The fraction of sp³-hybridized carbons (Fsp3) is 0.250. The summed E-state index contributed by atoms with van der Waals surface area (Å²) in [5.74, 6) is 4.77. The molecule has 0 saturated heterocycles. The predicted octanol–water partition coefficient (Wildman–Crippen LogP) is 3.59. The molecular weight excluding hydrogens is 412 g/mol. The number of aryl methyl sites for hydroxylation is 2. The Morgan fingerprint density at radius 3 is 2.57 bits per heavy atom. The smallest absolute Gasteiger partial charge is 0.237 e. The minimum absolute atomic E-state index is 0.116. The molecule has 1 unspecified atom stereocenters. The molecule has 0 saturated carbocycles. The minimum Gasteiger partial charge on any atom is -0.485 e. The molecule has 0 bridgehead atoms. The van der Waals surface area contributed by atoms with Crippen LogP contribution in [0, 0.1) is 25.5 Å². The first kappa shape index (κ1) is 21.6. The van der Waals surface area contributed by atoms with Crippen LogP contribution in [0.2, 0.25) is 0 Å². The molecular formula is C20H21F2N5O2S. The molecule has 3 rings (SSSR count). The first-order valence-corrected chi connectivity index (χ1v) is 9.95. The summed E-state index contributed by atoms with van der Waals surface area (Å²) in [5, 5.41) is 10.3. The summed E-state index contributed by atoms with van der Waals surface area (Å²) < 4.78 is 33.4. The van der Waals surface area contributed by atoms with Crippen LogP contribution < -0.4 is 15.9 Å². The Labute approximate surface area is 176 Å². The standard InChI is InChI=1S/C20H21F2N5O2S/c1-11-5-4-6-12(2)18(11)29-10-17-25-26-20(27(17)23)30-13(3)19(28)24-14-7-8-15(21)16(22)9-14/h4-9,13H,10,23H2,1-3H3,(H,24,28). The van der Waals surface area contributed by atoms with Crippen molar-refractivity contribution in [3.63, 3.8) is 0 Å². The van der Waals surface area contributed by atoms with Gasteiger partial charge in [-0.15, -0.1) is 10.2 Å². The van der Waals surface area contributed by atoms with Crippen molar-refractivity contribution < 1.29 is 18.3 Å². The third-order valence-electron chi connectivity index (χ3n) is 4.33. The van der Waals surface area contributed by atoms with Gasteiger partial charge in [0.15, 0.2) is 17.5 Å². The van der Waals surface area contributed by atoms with E-state index in [0.717, 1.165) is 40.8 Å². The van der Waals surface area contributed by atoms with E-state index in [9.17, 15) is 13.6 Å². The molecule has 0 spiro atoms. The number of nitrogens with zero attached hydrogens (tertiary/aromatic N) is 3. The van der Waals surface area contributed by atoms with Gasteiger partial charge in [0.2, 0.25) is 11.1 Å². The SMILES string of the molecule is Cc1cccc(C)c1OCc1nnc(SC(C)C(=O)Nc2ccc(F)c(F)c2)n1N. The average Bonchev–Trinajstić information content (AvgIpc) is 3.04. The molecule has 0 radical (unpaired) electrons. The van der Waals surface area contributed by atoms with Crippen molar-refractivity contribution >= 4 is 23.4 Å². The number of carbonyl (C=O) groups excluding carboxylic acids is 1. The number of hydrogen-bond donors (Lipinski definition) is 2. The van der Waals surface area contributed by atoms with Gasteiger partial charge < -0.3 is 15.9 Å². The van der Waals surface area contributed by atoms with Crippen molar-refractivity contribution in [2.24, 2.45) is 0 Å². The van der Waals surface area contributed by atoms with Crippen LogP contribution in [0.1, 0.15) is 23.9 Å². The molecule has 3 N–H and O–H groups in total. The molecule has 1 atom stereocenters. The topological polar surface area (TPSA) is 95.1 Å². The molecule has 2 aromatic carbocycles. The molecule has 0 aliphatic carbocycles. The second-order valence-corrected chi connectivity index (χ2v) is 7.96. The van der Waals surface area contributed by atoms with Crippen LogP contribution in [-0.2, 0) is 11.4 Å². The van der Waals surface area contributed by atoms with E-state index in [1.54, 1.807) is 6.92 Å². The second kappa shape index (κ2) is 9.12. The fourth-order valence-corrected chi connectivity index (χ4v) is 3.47. The maximum atomic E-state index is 13.3. The number of thioether (sulfide) groups is 1. The number of hydrogen-bond acceptors (Lipinski definition) is 6. The molecule has 0 aliphatic heterocycles. The lowest BCUT2D eigenvalue weighted by Crippen LogP contribution is -2.24. The molecule has 10 heteroatoms. The van der Waals surface area contributed by atoms with E-state index in [0.29, 0.717) is 11.0 Å². The number of carbonyl (C=O) groups is 1. The third kappa shape index (κ3) is 4.88. The molecule has 1 heterocycles. The number of para-hydroxylation sites is 1. The summed E-state index contributed by atoms with van der Waals surface area (Å²) in [6.45, 7) is 5.65. The van der Waals surface area contributed by atoms with E-state index in [1.807, 2.05) is 32.0 Å². The number of anilines is 1. The molecule has 1 amide bonds. The highest BCUT2D eigenvalue weighted by molar-refractivity contribution is 8.00. The van der Waals surface area contributed by atoms with E-state index in [1.165, 1.54) is 10.7 Å². The predicted molar refractivity (Wildman–Crippen MR) is 111 cm³/mol. The monoisotopic (exact) mass is 433 g/mol. The number of rotatable bonds is 7.